The SMILES string of the molecule is CN1CCCC1Cc1c[nH]c2ncc(F)cc12. The zero-order valence-corrected chi connectivity index (χ0v) is 9.91. The zero-order chi connectivity index (χ0) is 11.8. The summed E-state index contributed by atoms with van der Waals surface area (Å²) >= 11 is 0. The Morgan fingerprint density at radius 1 is 1.59 bits per heavy atom. The number of halogens is 1. The van der Waals surface area contributed by atoms with Crippen LogP contribution in [0.1, 0.15) is 18.4 Å². The number of H-pyrrole nitrogens is 1. The van der Waals surface area contributed by atoms with E-state index in [9.17, 15) is 4.39 Å². The summed E-state index contributed by atoms with van der Waals surface area (Å²) in [5.41, 5.74) is 1.95. The summed E-state index contributed by atoms with van der Waals surface area (Å²) < 4.78 is 13.2. The van der Waals surface area contributed by atoms with Crippen molar-refractivity contribution in [2.24, 2.45) is 0 Å². The lowest BCUT2D eigenvalue weighted by molar-refractivity contribution is 0.310. The Bertz CT molecular complexity index is 534. The highest BCUT2D eigenvalue weighted by molar-refractivity contribution is 5.79. The third-order valence-corrected chi connectivity index (χ3v) is 3.71. The monoisotopic (exact) mass is 233 g/mol. The molecule has 1 aliphatic heterocycles. The fourth-order valence-electron chi connectivity index (χ4n) is 2.69. The highest BCUT2D eigenvalue weighted by Crippen LogP contribution is 2.24. The number of rotatable bonds is 2. The van der Waals surface area contributed by atoms with Gasteiger partial charge in [0.05, 0.1) is 6.20 Å². The van der Waals surface area contributed by atoms with Crippen LogP contribution in [0.2, 0.25) is 0 Å². The number of fused-ring (bicyclic) bond motifs is 1. The molecule has 2 aromatic rings. The van der Waals surface area contributed by atoms with Gasteiger partial charge in [-0.2, -0.15) is 0 Å². The number of aromatic nitrogens is 2. The average molecular weight is 233 g/mol. The summed E-state index contributed by atoms with van der Waals surface area (Å²) in [6.45, 7) is 1.17. The van der Waals surface area contributed by atoms with Gasteiger partial charge in [-0.05, 0) is 44.5 Å². The van der Waals surface area contributed by atoms with Gasteiger partial charge in [-0.15, -0.1) is 0 Å². The van der Waals surface area contributed by atoms with E-state index in [1.807, 2.05) is 6.20 Å². The van der Waals surface area contributed by atoms with Crippen molar-refractivity contribution in [1.29, 1.82) is 0 Å². The number of hydrogen-bond donors (Lipinski definition) is 1. The van der Waals surface area contributed by atoms with E-state index in [4.69, 9.17) is 0 Å². The molecule has 3 rings (SSSR count). The number of hydrogen-bond acceptors (Lipinski definition) is 2. The molecule has 1 fully saturated rings. The van der Waals surface area contributed by atoms with Crippen LogP contribution in [0.4, 0.5) is 4.39 Å². The van der Waals surface area contributed by atoms with E-state index >= 15 is 0 Å². The van der Waals surface area contributed by atoms with Crippen molar-refractivity contribution in [3.05, 3.63) is 29.8 Å². The van der Waals surface area contributed by atoms with Crippen LogP contribution >= 0.6 is 0 Å². The van der Waals surface area contributed by atoms with Gasteiger partial charge in [-0.1, -0.05) is 0 Å². The molecule has 1 saturated heterocycles. The first kappa shape index (κ1) is 10.7. The van der Waals surface area contributed by atoms with E-state index in [0.717, 1.165) is 17.5 Å². The molecule has 90 valence electrons. The van der Waals surface area contributed by atoms with E-state index in [0.29, 0.717) is 6.04 Å². The van der Waals surface area contributed by atoms with Crippen LogP contribution in [0.15, 0.2) is 18.5 Å². The third kappa shape index (κ3) is 1.93. The first-order valence-corrected chi connectivity index (χ1v) is 6.06. The van der Waals surface area contributed by atoms with E-state index in [-0.39, 0.29) is 5.82 Å². The number of nitrogens with zero attached hydrogens (tertiary/aromatic N) is 2. The smallest absolute Gasteiger partial charge is 0.142 e. The molecule has 0 aliphatic carbocycles. The van der Waals surface area contributed by atoms with Crippen LogP contribution in [-0.4, -0.2) is 34.5 Å². The van der Waals surface area contributed by atoms with Crippen molar-refractivity contribution in [2.75, 3.05) is 13.6 Å². The molecule has 2 aromatic heterocycles. The van der Waals surface area contributed by atoms with Gasteiger partial charge in [0, 0.05) is 17.6 Å². The van der Waals surface area contributed by atoms with Crippen molar-refractivity contribution >= 4 is 11.0 Å². The summed E-state index contributed by atoms with van der Waals surface area (Å²) in [7, 11) is 2.16. The summed E-state index contributed by atoms with van der Waals surface area (Å²) in [6, 6.07) is 2.15. The summed E-state index contributed by atoms with van der Waals surface area (Å²) in [5, 5.41) is 0.922. The Balaban J connectivity index is 1.92. The standard InChI is InChI=1S/C13H16FN3/c1-17-4-2-3-11(17)5-9-7-15-13-12(9)6-10(14)8-16-13/h6-8,11H,2-5H2,1H3,(H,15,16). The minimum atomic E-state index is -0.266. The summed E-state index contributed by atoms with van der Waals surface area (Å²) in [6.07, 6.45) is 6.68. The molecule has 1 N–H and O–H groups in total. The van der Waals surface area contributed by atoms with Crippen LogP contribution in [0.25, 0.3) is 11.0 Å². The number of nitrogens with one attached hydrogen (secondary N) is 1. The highest BCUT2D eigenvalue weighted by atomic mass is 19.1. The lowest BCUT2D eigenvalue weighted by Gasteiger charge is -2.18. The predicted molar refractivity (Wildman–Crippen MR) is 65.4 cm³/mol. The zero-order valence-electron chi connectivity index (χ0n) is 9.91. The second kappa shape index (κ2) is 4.11. The Hall–Kier alpha value is -1.42. The van der Waals surface area contributed by atoms with Crippen LogP contribution in [0, 0.1) is 5.82 Å². The predicted octanol–water partition coefficient (Wildman–Crippen LogP) is 2.34. The van der Waals surface area contributed by atoms with Crippen LogP contribution in [-0.2, 0) is 6.42 Å². The Labute approximate surface area is 99.7 Å². The molecule has 0 radical (unpaired) electrons. The minimum absolute atomic E-state index is 0.266. The minimum Gasteiger partial charge on any atom is -0.346 e. The maximum Gasteiger partial charge on any atom is 0.142 e. The molecule has 1 unspecified atom stereocenters. The molecule has 4 heteroatoms. The van der Waals surface area contributed by atoms with Gasteiger partial charge in [0.2, 0.25) is 0 Å². The molecule has 0 bridgehead atoms. The lowest BCUT2D eigenvalue weighted by Crippen LogP contribution is -2.26. The fourth-order valence-corrected chi connectivity index (χ4v) is 2.69. The molecule has 0 amide bonds. The normalized spacial score (nSPS) is 21.4. The molecular weight excluding hydrogens is 217 g/mol. The highest BCUT2D eigenvalue weighted by Gasteiger charge is 2.22. The molecule has 1 atom stereocenters. The van der Waals surface area contributed by atoms with E-state index < -0.39 is 0 Å². The number of likely N-dealkylation sites (N-methyl/N-ethyl adjacent to an activating group) is 1. The van der Waals surface area contributed by atoms with Crippen molar-refractivity contribution in [2.45, 2.75) is 25.3 Å². The van der Waals surface area contributed by atoms with Gasteiger partial charge in [0.15, 0.2) is 0 Å². The molecule has 3 heterocycles. The van der Waals surface area contributed by atoms with Crippen molar-refractivity contribution < 1.29 is 4.39 Å². The third-order valence-electron chi connectivity index (χ3n) is 3.71. The maximum absolute atomic E-state index is 13.2. The van der Waals surface area contributed by atoms with Crippen molar-refractivity contribution in [3.63, 3.8) is 0 Å². The Kier molecular flexibility index (Phi) is 2.59. The average Bonchev–Trinajstić information content (AvgIpc) is 2.88. The quantitative estimate of drug-likeness (QED) is 0.863. The van der Waals surface area contributed by atoms with Gasteiger partial charge in [-0.25, -0.2) is 9.37 Å². The summed E-state index contributed by atoms with van der Waals surface area (Å²) in [4.78, 5) is 9.54. The Morgan fingerprint density at radius 2 is 2.47 bits per heavy atom. The topological polar surface area (TPSA) is 31.9 Å². The lowest BCUT2D eigenvalue weighted by atomic mass is 10.0. The van der Waals surface area contributed by atoms with Crippen molar-refractivity contribution in [1.82, 2.24) is 14.9 Å². The fraction of sp³-hybridized carbons (Fsp3) is 0.462. The van der Waals surface area contributed by atoms with Crippen LogP contribution < -0.4 is 0 Å². The van der Waals surface area contributed by atoms with E-state index in [1.54, 1.807) is 6.07 Å². The molecule has 0 saturated carbocycles. The first-order valence-electron chi connectivity index (χ1n) is 6.06. The van der Waals surface area contributed by atoms with Gasteiger partial charge < -0.3 is 9.88 Å². The van der Waals surface area contributed by atoms with E-state index in [2.05, 4.69) is 21.9 Å². The van der Waals surface area contributed by atoms with Gasteiger partial charge in [-0.3, -0.25) is 0 Å². The number of likely N-dealkylation sites (tertiary alicyclic amines) is 1. The van der Waals surface area contributed by atoms with E-state index in [1.165, 1.54) is 31.1 Å². The van der Waals surface area contributed by atoms with Gasteiger partial charge >= 0.3 is 0 Å². The molecule has 0 spiro atoms. The molecule has 3 nitrogen and oxygen atoms in total. The van der Waals surface area contributed by atoms with Crippen LogP contribution in [0.3, 0.4) is 0 Å². The molecular formula is C13H16FN3. The largest absolute Gasteiger partial charge is 0.346 e. The Morgan fingerprint density at radius 3 is 3.24 bits per heavy atom. The second-order valence-corrected chi connectivity index (χ2v) is 4.84. The van der Waals surface area contributed by atoms with Crippen molar-refractivity contribution in [3.8, 4) is 0 Å². The maximum atomic E-state index is 13.2. The molecule has 1 aliphatic rings. The van der Waals surface area contributed by atoms with Crippen LogP contribution in [0.5, 0.6) is 0 Å². The number of pyridine rings is 1. The van der Waals surface area contributed by atoms with Gasteiger partial charge in [0.25, 0.3) is 0 Å². The second-order valence-electron chi connectivity index (χ2n) is 4.84. The first-order chi connectivity index (χ1) is 8.24. The molecule has 0 aromatic carbocycles. The molecule has 17 heavy (non-hydrogen) atoms. The number of aromatic amines is 1. The van der Waals surface area contributed by atoms with Gasteiger partial charge in [0.1, 0.15) is 11.5 Å². The summed E-state index contributed by atoms with van der Waals surface area (Å²) in [5.74, 6) is -0.266.